The summed E-state index contributed by atoms with van der Waals surface area (Å²) in [5, 5.41) is 4.09. The molecule has 0 unspecified atom stereocenters. The molecule has 3 rings (SSSR count). The van der Waals surface area contributed by atoms with Crippen molar-refractivity contribution in [3.05, 3.63) is 40.2 Å². The Kier molecular flexibility index (Phi) is 2.85. The summed E-state index contributed by atoms with van der Waals surface area (Å²) in [5.41, 5.74) is 3.17. The van der Waals surface area contributed by atoms with Crippen LogP contribution in [0.5, 0.6) is 0 Å². The number of nitrogens with zero attached hydrogens (tertiary/aromatic N) is 3. The average Bonchev–Trinajstić information content (AvgIpc) is 3.01. The fourth-order valence-corrected chi connectivity index (χ4v) is 4.05. The van der Waals surface area contributed by atoms with E-state index in [-0.39, 0.29) is 14.7 Å². The minimum absolute atomic E-state index is 0.189. The summed E-state index contributed by atoms with van der Waals surface area (Å²) < 4.78 is 5.18. The van der Waals surface area contributed by atoms with Crippen LogP contribution in [0.3, 0.4) is 0 Å². The second-order valence-corrected chi connectivity index (χ2v) is 6.27. The van der Waals surface area contributed by atoms with Gasteiger partial charge in [-0.25, -0.2) is 0 Å². The zero-order valence-corrected chi connectivity index (χ0v) is 11.6. The van der Waals surface area contributed by atoms with Gasteiger partial charge in [-0.3, -0.25) is 0 Å². The Hall–Kier alpha value is -0.991. The molecule has 2 aromatic heterocycles. The van der Waals surface area contributed by atoms with Gasteiger partial charge in [-0.1, -0.05) is 0 Å². The van der Waals surface area contributed by atoms with Gasteiger partial charge in [-0.15, -0.1) is 0 Å². The maximum absolute atomic E-state index is 4.63. The molecule has 0 bridgehead atoms. The zero-order valence-electron chi connectivity index (χ0n) is 8.20. The summed E-state index contributed by atoms with van der Waals surface area (Å²) in [6.45, 7) is 0. The van der Waals surface area contributed by atoms with E-state index in [1.165, 1.54) is 10.1 Å². The number of hydrogen-bond donors (Lipinski definition) is 0. The third kappa shape index (κ3) is 1.95. The van der Waals surface area contributed by atoms with E-state index in [9.17, 15) is 0 Å². The quantitative estimate of drug-likeness (QED) is 0.661. The van der Waals surface area contributed by atoms with Crippen molar-refractivity contribution in [2.75, 3.05) is 0 Å². The molecular formula is C11H7N3Se2. The van der Waals surface area contributed by atoms with E-state index in [0.717, 1.165) is 11.4 Å². The number of aromatic nitrogens is 3. The summed E-state index contributed by atoms with van der Waals surface area (Å²) >= 11 is 0.511. The van der Waals surface area contributed by atoms with E-state index in [0.29, 0.717) is 14.5 Å². The normalized spacial score (nSPS) is 10.5. The topological polar surface area (TPSA) is 38.7 Å². The Bertz CT molecular complexity index is 572. The van der Waals surface area contributed by atoms with Crippen molar-refractivity contribution in [3.63, 3.8) is 0 Å². The SMILES string of the molecule is c1ccc(-c2nc(-c3c[se]nn3)c[se]2)cc1. The van der Waals surface area contributed by atoms with Gasteiger partial charge in [0, 0.05) is 0 Å². The number of benzene rings is 1. The number of rotatable bonds is 2. The first-order chi connectivity index (χ1) is 7.93. The number of hydrogen-bond acceptors (Lipinski definition) is 3. The molecule has 1 aromatic carbocycles. The van der Waals surface area contributed by atoms with E-state index in [1.54, 1.807) is 0 Å². The van der Waals surface area contributed by atoms with Crippen LogP contribution in [0, 0.1) is 0 Å². The third-order valence-electron chi connectivity index (χ3n) is 2.15. The van der Waals surface area contributed by atoms with Gasteiger partial charge < -0.3 is 0 Å². The molecule has 78 valence electrons. The van der Waals surface area contributed by atoms with Crippen molar-refractivity contribution in [3.8, 4) is 21.5 Å². The molecule has 0 aliphatic rings. The van der Waals surface area contributed by atoms with E-state index in [2.05, 4.69) is 36.2 Å². The molecule has 0 spiro atoms. The molecule has 0 aliphatic heterocycles. The second kappa shape index (κ2) is 4.48. The van der Waals surface area contributed by atoms with Gasteiger partial charge >= 0.3 is 105 Å². The molecule has 0 saturated carbocycles. The molecule has 0 saturated heterocycles. The van der Waals surface area contributed by atoms with Crippen LogP contribution in [0.15, 0.2) is 40.2 Å². The Morgan fingerprint density at radius 3 is 2.56 bits per heavy atom. The minimum atomic E-state index is 0.189. The van der Waals surface area contributed by atoms with Crippen LogP contribution in [0.1, 0.15) is 0 Å². The molecule has 3 nitrogen and oxygen atoms in total. The first kappa shape index (κ1) is 10.2. The summed E-state index contributed by atoms with van der Waals surface area (Å²) in [6, 6.07) is 10.3. The average molecular weight is 339 g/mol. The monoisotopic (exact) mass is 341 g/mol. The Morgan fingerprint density at radius 1 is 0.938 bits per heavy atom. The van der Waals surface area contributed by atoms with Crippen LogP contribution in [0.4, 0.5) is 0 Å². The molecule has 0 N–H and O–H groups in total. The molecule has 0 radical (unpaired) electrons. The van der Waals surface area contributed by atoms with Crippen molar-refractivity contribution < 1.29 is 0 Å². The van der Waals surface area contributed by atoms with Gasteiger partial charge in [0.2, 0.25) is 0 Å². The van der Waals surface area contributed by atoms with E-state index in [4.69, 9.17) is 0 Å². The fraction of sp³-hybridized carbons (Fsp3) is 0. The molecule has 0 atom stereocenters. The standard InChI is InChI=1S/C11H7N3Se2/c1-2-4-8(5-3-1)11-12-9(6-15-11)10-7-16-14-13-10/h1-7H. The molecular weight excluding hydrogens is 332 g/mol. The first-order valence-electron chi connectivity index (χ1n) is 4.72. The van der Waals surface area contributed by atoms with Gasteiger partial charge in [0.15, 0.2) is 0 Å². The molecule has 2 heterocycles. The Morgan fingerprint density at radius 2 is 1.81 bits per heavy atom. The van der Waals surface area contributed by atoms with Crippen LogP contribution >= 0.6 is 0 Å². The predicted molar refractivity (Wildman–Crippen MR) is 64.6 cm³/mol. The molecule has 0 amide bonds. The van der Waals surface area contributed by atoms with E-state index >= 15 is 0 Å². The van der Waals surface area contributed by atoms with Crippen LogP contribution in [0.2, 0.25) is 0 Å². The molecule has 16 heavy (non-hydrogen) atoms. The second-order valence-electron chi connectivity index (χ2n) is 3.19. The van der Waals surface area contributed by atoms with Gasteiger partial charge in [0.05, 0.1) is 0 Å². The molecule has 3 aromatic rings. The molecule has 5 heteroatoms. The maximum atomic E-state index is 4.63. The van der Waals surface area contributed by atoms with E-state index in [1.807, 2.05) is 18.2 Å². The van der Waals surface area contributed by atoms with Crippen LogP contribution in [-0.4, -0.2) is 43.4 Å². The van der Waals surface area contributed by atoms with Crippen LogP contribution in [0.25, 0.3) is 21.5 Å². The van der Waals surface area contributed by atoms with Gasteiger partial charge in [-0.05, 0) is 0 Å². The van der Waals surface area contributed by atoms with Crippen molar-refractivity contribution in [1.29, 1.82) is 0 Å². The van der Waals surface area contributed by atoms with Gasteiger partial charge in [-0.2, -0.15) is 0 Å². The van der Waals surface area contributed by atoms with Gasteiger partial charge in [0.25, 0.3) is 0 Å². The van der Waals surface area contributed by atoms with E-state index < -0.39 is 0 Å². The van der Waals surface area contributed by atoms with Crippen molar-refractivity contribution >= 4 is 29.2 Å². The molecule has 0 aliphatic carbocycles. The van der Waals surface area contributed by atoms with Crippen molar-refractivity contribution in [1.82, 2.24) is 14.2 Å². The van der Waals surface area contributed by atoms with Crippen molar-refractivity contribution in [2.24, 2.45) is 0 Å². The van der Waals surface area contributed by atoms with Gasteiger partial charge in [0.1, 0.15) is 0 Å². The van der Waals surface area contributed by atoms with Crippen molar-refractivity contribution in [2.45, 2.75) is 0 Å². The van der Waals surface area contributed by atoms with Crippen LogP contribution < -0.4 is 0 Å². The Labute approximate surface area is 105 Å². The van der Waals surface area contributed by atoms with Crippen LogP contribution in [-0.2, 0) is 0 Å². The molecule has 0 fully saturated rings. The third-order valence-corrected chi connectivity index (χ3v) is 5.08. The first-order valence-corrected chi connectivity index (χ1v) is 8.32. The fourth-order valence-electron chi connectivity index (χ4n) is 1.38. The zero-order chi connectivity index (χ0) is 10.8. The summed E-state index contributed by atoms with van der Waals surface area (Å²) in [4.78, 5) is 8.89. The summed E-state index contributed by atoms with van der Waals surface area (Å²) in [5.74, 6) is 0. The Balaban J connectivity index is 2.00. The summed E-state index contributed by atoms with van der Waals surface area (Å²) in [7, 11) is 0. The predicted octanol–water partition coefficient (Wildman–Crippen LogP) is 1.32. The summed E-state index contributed by atoms with van der Waals surface area (Å²) in [6.07, 6.45) is 0.